The van der Waals surface area contributed by atoms with Gasteiger partial charge in [-0.3, -0.25) is 0 Å². The minimum Gasteiger partial charge on any atom is -0.478 e. The Hall–Kier alpha value is -2.11. The van der Waals surface area contributed by atoms with Gasteiger partial charge >= 0.3 is 0 Å². The van der Waals surface area contributed by atoms with Crippen LogP contribution >= 0.6 is 0 Å². The number of rotatable bonds is 6. The Morgan fingerprint density at radius 2 is 2.28 bits per heavy atom. The van der Waals surface area contributed by atoms with Crippen molar-refractivity contribution in [2.75, 3.05) is 11.9 Å². The molecular formula is C12H16N4O2. The van der Waals surface area contributed by atoms with E-state index in [4.69, 9.17) is 9.26 Å². The first kappa shape index (κ1) is 12.3. The third-order valence-corrected chi connectivity index (χ3v) is 2.20. The fraction of sp³-hybridized carbons (Fsp3) is 0.417. The number of anilines is 1. The topological polar surface area (TPSA) is 73.1 Å². The lowest BCUT2D eigenvalue weighted by atomic mass is 10.4. The SMILES string of the molecule is CCCOc1cc(C)nc(NCc2ccon2)n1. The van der Waals surface area contributed by atoms with Gasteiger partial charge < -0.3 is 14.6 Å². The minimum absolute atomic E-state index is 0.521. The zero-order valence-corrected chi connectivity index (χ0v) is 10.5. The normalized spacial score (nSPS) is 10.3. The van der Waals surface area contributed by atoms with Crippen molar-refractivity contribution in [3.63, 3.8) is 0 Å². The molecular weight excluding hydrogens is 232 g/mol. The van der Waals surface area contributed by atoms with Crippen LogP contribution in [0.1, 0.15) is 24.7 Å². The highest BCUT2D eigenvalue weighted by molar-refractivity contribution is 5.31. The molecule has 18 heavy (non-hydrogen) atoms. The van der Waals surface area contributed by atoms with Crippen molar-refractivity contribution in [3.8, 4) is 5.88 Å². The van der Waals surface area contributed by atoms with E-state index in [-0.39, 0.29) is 0 Å². The summed E-state index contributed by atoms with van der Waals surface area (Å²) in [5, 5.41) is 6.88. The Morgan fingerprint density at radius 3 is 3.00 bits per heavy atom. The van der Waals surface area contributed by atoms with Crippen LogP contribution in [0.5, 0.6) is 5.88 Å². The van der Waals surface area contributed by atoms with Gasteiger partial charge in [-0.05, 0) is 13.3 Å². The van der Waals surface area contributed by atoms with Crippen LogP contribution in [0.2, 0.25) is 0 Å². The predicted octanol–water partition coefficient (Wildman–Crippen LogP) is 2.17. The van der Waals surface area contributed by atoms with Crippen molar-refractivity contribution < 1.29 is 9.26 Å². The fourth-order valence-electron chi connectivity index (χ4n) is 1.40. The second-order valence-electron chi connectivity index (χ2n) is 3.86. The summed E-state index contributed by atoms with van der Waals surface area (Å²) in [6, 6.07) is 3.61. The summed E-state index contributed by atoms with van der Waals surface area (Å²) >= 11 is 0. The molecule has 2 rings (SSSR count). The van der Waals surface area contributed by atoms with Crippen molar-refractivity contribution >= 4 is 5.95 Å². The van der Waals surface area contributed by atoms with Gasteiger partial charge in [0.25, 0.3) is 0 Å². The van der Waals surface area contributed by atoms with Crippen LogP contribution < -0.4 is 10.1 Å². The molecule has 0 aliphatic rings. The molecule has 0 radical (unpaired) electrons. The lowest BCUT2D eigenvalue weighted by Crippen LogP contribution is -2.06. The van der Waals surface area contributed by atoms with E-state index in [1.807, 2.05) is 13.0 Å². The summed E-state index contributed by atoms with van der Waals surface area (Å²) in [7, 11) is 0. The number of hydrogen-bond donors (Lipinski definition) is 1. The maximum Gasteiger partial charge on any atom is 0.226 e. The first-order valence-corrected chi connectivity index (χ1v) is 5.89. The molecule has 0 unspecified atom stereocenters. The number of nitrogens with zero attached hydrogens (tertiary/aromatic N) is 3. The summed E-state index contributed by atoms with van der Waals surface area (Å²) in [5.74, 6) is 1.12. The van der Waals surface area contributed by atoms with Gasteiger partial charge in [0.05, 0.1) is 13.2 Å². The molecule has 0 bridgehead atoms. The van der Waals surface area contributed by atoms with Crippen LogP contribution in [0, 0.1) is 6.92 Å². The van der Waals surface area contributed by atoms with E-state index >= 15 is 0 Å². The summed E-state index contributed by atoms with van der Waals surface area (Å²) in [4.78, 5) is 8.55. The van der Waals surface area contributed by atoms with Gasteiger partial charge in [0.2, 0.25) is 11.8 Å². The van der Waals surface area contributed by atoms with E-state index < -0.39 is 0 Å². The average molecular weight is 248 g/mol. The summed E-state index contributed by atoms with van der Waals surface area (Å²) in [6.07, 6.45) is 2.48. The Balaban J connectivity index is 2.00. The third-order valence-electron chi connectivity index (χ3n) is 2.20. The van der Waals surface area contributed by atoms with Crippen molar-refractivity contribution in [1.82, 2.24) is 15.1 Å². The van der Waals surface area contributed by atoms with Gasteiger partial charge in [-0.2, -0.15) is 4.98 Å². The standard InChI is InChI=1S/C12H16N4O2/c1-3-5-17-11-7-9(2)14-12(15-11)13-8-10-4-6-18-16-10/h4,6-7H,3,5,8H2,1-2H3,(H,13,14,15). The smallest absolute Gasteiger partial charge is 0.226 e. The van der Waals surface area contributed by atoms with Crippen molar-refractivity contribution in [3.05, 3.63) is 29.8 Å². The molecule has 1 N–H and O–H groups in total. The molecule has 0 aliphatic carbocycles. The number of aryl methyl sites for hydroxylation is 1. The Labute approximate surface area is 105 Å². The molecule has 0 saturated heterocycles. The number of aromatic nitrogens is 3. The van der Waals surface area contributed by atoms with Crippen molar-refractivity contribution in [2.45, 2.75) is 26.8 Å². The molecule has 0 spiro atoms. The van der Waals surface area contributed by atoms with E-state index in [1.54, 1.807) is 6.07 Å². The van der Waals surface area contributed by atoms with E-state index in [1.165, 1.54) is 6.26 Å². The summed E-state index contributed by atoms with van der Waals surface area (Å²) in [6.45, 7) is 5.13. The molecule has 0 fully saturated rings. The maximum atomic E-state index is 5.49. The summed E-state index contributed by atoms with van der Waals surface area (Å²) < 4.78 is 10.2. The molecule has 2 aromatic rings. The molecule has 6 heteroatoms. The predicted molar refractivity (Wildman–Crippen MR) is 66.4 cm³/mol. The Morgan fingerprint density at radius 1 is 1.39 bits per heavy atom. The largest absolute Gasteiger partial charge is 0.478 e. The fourth-order valence-corrected chi connectivity index (χ4v) is 1.40. The van der Waals surface area contributed by atoms with Gasteiger partial charge in [0, 0.05) is 17.8 Å². The number of ether oxygens (including phenoxy) is 1. The Bertz CT molecular complexity index is 485. The molecule has 6 nitrogen and oxygen atoms in total. The minimum atomic E-state index is 0.521. The molecule has 2 aromatic heterocycles. The van der Waals surface area contributed by atoms with E-state index in [9.17, 15) is 0 Å². The van der Waals surface area contributed by atoms with E-state index in [2.05, 4.69) is 27.4 Å². The van der Waals surface area contributed by atoms with Crippen LogP contribution in [0.25, 0.3) is 0 Å². The van der Waals surface area contributed by atoms with Crippen molar-refractivity contribution in [1.29, 1.82) is 0 Å². The highest BCUT2D eigenvalue weighted by Crippen LogP contribution is 2.12. The summed E-state index contributed by atoms with van der Waals surface area (Å²) in [5.41, 5.74) is 1.66. The van der Waals surface area contributed by atoms with Gasteiger partial charge in [0.15, 0.2) is 0 Å². The average Bonchev–Trinajstić information content (AvgIpc) is 2.86. The van der Waals surface area contributed by atoms with Gasteiger partial charge in [0.1, 0.15) is 12.0 Å². The molecule has 96 valence electrons. The molecule has 0 aliphatic heterocycles. The molecule has 0 aromatic carbocycles. The number of hydrogen-bond acceptors (Lipinski definition) is 6. The number of nitrogens with one attached hydrogen (secondary N) is 1. The van der Waals surface area contributed by atoms with Crippen LogP contribution in [-0.2, 0) is 6.54 Å². The first-order valence-electron chi connectivity index (χ1n) is 5.89. The zero-order valence-electron chi connectivity index (χ0n) is 10.5. The quantitative estimate of drug-likeness (QED) is 0.844. The van der Waals surface area contributed by atoms with Gasteiger partial charge in [-0.1, -0.05) is 12.1 Å². The van der Waals surface area contributed by atoms with Crippen LogP contribution in [-0.4, -0.2) is 21.7 Å². The molecule has 0 atom stereocenters. The highest BCUT2D eigenvalue weighted by Gasteiger charge is 2.04. The zero-order chi connectivity index (χ0) is 12.8. The first-order chi connectivity index (χ1) is 8.78. The highest BCUT2D eigenvalue weighted by atomic mass is 16.5. The second kappa shape index (κ2) is 6.00. The monoisotopic (exact) mass is 248 g/mol. The molecule has 0 amide bonds. The van der Waals surface area contributed by atoms with E-state index in [0.717, 1.165) is 17.8 Å². The maximum absolute atomic E-state index is 5.49. The lowest BCUT2D eigenvalue weighted by Gasteiger charge is -2.07. The third kappa shape index (κ3) is 3.44. The van der Waals surface area contributed by atoms with Crippen molar-refractivity contribution in [2.24, 2.45) is 0 Å². The van der Waals surface area contributed by atoms with Gasteiger partial charge in [-0.15, -0.1) is 0 Å². The lowest BCUT2D eigenvalue weighted by molar-refractivity contribution is 0.305. The van der Waals surface area contributed by atoms with Crippen LogP contribution in [0.3, 0.4) is 0 Å². The van der Waals surface area contributed by atoms with Crippen LogP contribution in [0.15, 0.2) is 22.9 Å². The second-order valence-corrected chi connectivity index (χ2v) is 3.86. The van der Waals surface area contributed by atoms with Crippen LogP contribution in [0.4, 0.5) is 5.95 Å². The molecule has 2 heterocycles. The van der Waals surface area contributed by atoms with Gasteiger partial charge in [-0.25, -0.2) is 4.98 Å². The molecule has 0 saturated carbocycles. The van der Waals surface area contributed by atoms with E-state index in [0.29, 0.717) is 25.0 Å². The Kier molecular flexibility index (Phi) is 4.11.